The van der Waals surface area contributed by atoms with Crippen LogP contribution < -0.4 is 5.32 Å². The van der Waals surface area contributed by atoms with Gasteiger partial charge in [0.2, 0.25) is 11.8 Å². The Kier molecular flexibility index (Phi) is 5.28. The number of likely N-dealkylation sites (tertiary alicyclic amines) is 1. The van der Waals surface area contributed by atoms with E-state index in [0.717, 1.165) is 23.0 Å². The molecule has 3 rings (SSSR count). The van der Waals surface area contributed by atoms with Crippen LogP contribution in [0.5, 0.6) is 0 Å². The Morgan fingerprint density at radius 1 is 1.29 bits per heavy atom. The normalized spacial score (nSPS) is 23.8. The quantitative estimate of drug-likeness (QED) is 0.809. The van der Waals surface area contributed by atoms with Crippen LogP contribution in [0, 0.1) is 5.92 Å². The van der Waals surface area contributed by atoms with Crippen molar-refractivity contribution in [1.29, 1.82) is 0 Å². The third-order valence-corrected chi connectivity index (χ3v) is 6.26. The Bertz CT molecular complexity index is 628. The molecule has 0 bridgehead atoms. The summed E-state index contributed by atoms with van der Waals surface area (Å²) in [6.45, 7) is 2.56. The van der Waals surface area contributed by atoms with Gasteiger partial charge in [-0.2, -0.15) is 0 Å². The van der Waals surface area contributed by atoms with E-state index in [1.54, 1.807) is 4.90 Å². The van der Waals surface area contributed by atoms with Crippen molar-refractivity contribution < 1.29 is 9.59 Å². The molecule has 24 heavy (non-hydrogen) atoms. The van der Waals surface area contributed by atoms with Gasteiger partial charge in [-0.25, -0.2) is 0 Å². The summed E-state index contributed by atoms with van der Waals surface area (Å²) in [6, 6.07) is 7.54. The fourth-order valence-electron chi connectivity index (χ4n) is 3.78. The molecule has 1 saturated heterocycles. The summed E-state index contributed by atoms with van der Waals surface area (Å²) in [5.41, 5.74) is 0.0242. The highest BCUT2D eigenvalue weighted by Crippen LogP contribution is 2.35. The Morgan fingerprint density at radius 2 is 2.00 bits per heavy atom. The standard InChI is InChI=1S/C19H25BrN2O2/c1-19(18(24)21-16-9-5-4-8-15(16)20)12-13-22(19)17(23)11-10-14-6-2-3-7-14/h4-5,8-9,14H,2-3,6-7,10-13H2,1H3,(H,21,24). The molecule has 2 amide bonds. The maximum Gasteiger partial charge on any atom is 0.250 e. The number of halogens is 1. The van der Waals surface area contributed by atoms with Crippen LogP contribution in [-0.2, 0) is 9.59 Å². The number of anilines is 1. The van der Waals surface area contributed by atoms with Crippen LogP contribution in [0.4, 0.5) is 5.69 Å². The Morgan fingerprint density at radius 3 is 2.62 bits per heavy atom. The fraction of sp³-hybridized carbons (Fsp3) is 0.579. The number of carbonyl (C=O) groups excluding carboxylic acids is 2. The van der Waals surface area contributed by atoms with Crippen LogP contribution in [-0.4, -0.2) is 28.8 Å². The average molecular weight is 393 g/mol. The minimum Gasteiger partial charge on any atom is -0.328 e. The second-order valence-electron chi connectivity index (χ2n) is 7.19. The number of benzene rings is 1. The Labute approximate surface area is 152 Å². The van der Waals surface area contributed by atoms with Crippen molar-refractivity contribution in [3.63, 3.8) is 0 Å². The lowest BCUT2D eigenvalue weighted by molar-refractivity contribution is -0.155. The van der Waals surface area contributed by atoms with Crippen molar-refractivity contribution in [3.05, 3.63) is 28.7 Å². The summed E-state index contributed by atoms with van der Waals surface area (Å²) in [4.78, 5) is 27.0. The molecule has 5 heteroatoms. The summed E-state index contributed by atoms with van der Waals surface area (Å²) in [5.74, 6) is 0.725. The third-order valence-electron chi connectivity index (χ3n) is 5.57. The van der Waals surface area contributed by atoms with E-state index in [1.165, 1.54) is 25.7 Å². The minimum absolute atomic E-state index is 0.102. The van der Waals surface area contributed by atoms with Crippen molar-refractivity contribution in [2.24, 2.45) is 5.92 Å². The lowest BCUT2D eigenvalue weighted by atomic mass is 9.84. The van der Waals surface area contributed by atoms with Gasteiger partial charge in [0, 0.05) is 17.4 Å². The lowest BCUT2D eigenvalue weighted by Crippen LogP contribution is -2.66. The lowest BCUT2D eigenvalue weighted by Gasteiger charge is -2.49. The van der Waals surface area contributed by atoms with E-state index in [1.807, 2.05) is 31.2 Å². The second-order valence-corrected chi connectivity index (χ2v) is 8.05. The first-order valence-electron chi connectivity index (χ1n) is 8.87. The van der Waals surface area contributed by atoms with Gasteiger partial charge < -0.3 is 10.2 Å². The molecule has 2 aliphatic rings. The zero-order valence-corrected chi connectivity index (χ0v) is 15.8. The molecular formula is C19H25BrN2O2. The smallest absolute Gasteiger partial charge is 0.250 e. The molecule has 1 unspecified atom stereocenters. The summed E-state index contributed by atoms with van der Waals surface area (Å²) in [5, 5.41) is 2.96. The van der Waals surface area contributed by atoms with Gasteiger partial charge in [0.05, 0.1) is 5.69 Å². The van der Waals surface area contributed by atoms with Crippen LogP contribution in [0.15, 0.2) is 28.7 Å². The number of rotatable bonds is 5. The van der Waals surface area contributed by atoms with Crippen molar-refractivity contribution in [1.82, 2.24) is 4.90 Å². The molecule has 1 aromatic rings. The predicted octanol–water partition coefficient (Wildman–Crippen LogP) is 4.35. The molecular weight excluding hydrogens is 368 g/mol. The van der Waals surface area contributed by atoms with Crippen molar-refractivity contribution in [2.75, 3.05) is 11.9 Å². The minimum atomic E-state index is -0.720. The molecule has 2 fully saturated rings. The van der Waals surface area contributed by atoms with Gasteiger partial charge in [-0.1, -0.05) is 37.8 Å². The summed E-state index contributed by atoms with van der Waals surface area (Å²) < 4.78 is 0.848. The molecule has 1 heterocycles. The molecule has 0 aromatic heterocycles. The van der Waals surface area contributed by atoms with Crippen molar-refractivity contribution in [3.8, 4) is 0 Å². The highest BCUT2D eigenvalue weighted by molar-refractivity contribution is 9.10. The van der Waals surface area contributed by atoms with Crippen molar-refractivity contribution >= 4 is 33.4 Å². The number of nitrogens with zero attached hydrogens (tertiary/aromatic N) is 1. The van der Waals surface area contributed by atoms with E-state index >= 15 is 0 Å². The molecule has 4 nitrogen and oxygen atoms in total. The van der Waals surface area contributed by atoms with Crippen molar-refractivity contribution in [2.45, 2.75) is 57.4 Å². The summed E-state index contributed by atoms with van der Waals surface area (Å²) >= 11 is 3.44. The van der Waals surface area contributed by atoms with Gasteiger partial charge >= 0.3 is 0 Å². The molecule has 1 saturated carbocycles. The van der Waals surface area contributed by atoms with Crippen LogP contribution in [0.1, 0.15) is 51.9 Å². The molecule has 0 spiro atoms. The first-order valence-corrected chi connectivity index (χ1v) is 9.66. The van der Waals surface area contributed by atoms with E-state index in [2.05, 4.69) is 21.2 Å². The van der Waals surface area contributed by atoms with Crippen LogP contribution in [0.25, 0.3) is 0 Å². The Hall–Kier alpha value is -1.36. The first kappa shape index (κ1) is 17.5. The first-order chi connectivity index (χ1) is 11.5. The average Bonchev–Trinajstić information content (AvgIpc) is 3.06. The number of hydrogen-bond donors (Lipinski definition) is 1. The molecule has 1 aromatic carbocycles. The van der Waals surface area contributed by atoms with Gasteiger partial charge in [-0.3, -0.25) is 9.59 Å². The third kappa shape index (κ3) is 3.51. The van der Waals surface area contributed by atoms with Crippen LogP contribution >= 0.6 is 15.9 Å². The second kappa shape index (κ2) is 7.26. The van der Waals surface area contributed by atoms with Gasteiger partial charge in [0.1, 0.15) is 5.54 Å². The number of nitrogens with one attached hydrogen (secondary N) is 1. The number of carbonyl (C=O) groups is 2. The zero-order chi connectivity index (χ0) is 17.2. The van der Waals surface area contributed by atoms with E-state index in [9.17, 15) is 9.59 Å². The van der Waals surface area contributed by atoms with E-state index in [4.69, 9.17) is 0 Å². The van der Waals surface area contributed by atoms with Gasteiger partial charge in [0.25, 0.3) is 0 Å². The number of para-hydroxylation sites is 1. The summed E-state index contributed by atoms with van der Waals surface area (Å²) in [7, 11) is 0. The van der Waals surface area contributed by atoms with E-state index in [-0.39, 0.29) is 11.8 Å². The molecule has 130 valence electrons. The van der Waals surface area contributed by atoms with E-state index in [0.29, 0.717) is 18.9 Å². The SMILES string of the molecule is CC1(C(=O)Nc2ccccc2Br)CCN1C(=O)CCC1CCCC1. The Balaban J connectivity index is 1.58. The largest absolute Gasteiger partial charge is 0.328 e. The summed E-state index contributed by atoms with van der Waals surface area (Å²) in [6.07, 6.45) is 7.38. The predicted molar refractivity (Wildman–Crippen MR) is 98.7 cm³/mol. The zero-order valence-electron chi connectivity index (χ0n) is 14.2. The fourth-order valence-corrected chi connectivity index (χ4v) is 4.16. The highest BCUT2D eigenvalue weighted by Gasteiger charge is 2.49. The van der Waals surface area contributed by atoms with Gasteiger partial charge in [-0.05, 0) is 53.7 Å². The highest BCUT2D eigenvalue weighted by atomic mass is 79.9. The molecule has 1 atom stereocenters. The number of amides is 2. The van der Waals surface area contributed by atoms with Gasteiger partial charge in [0.15, 0.2) is 0 Å². The van der Waals surface area contributed by atoms with Crippen LogP contribution in [0.2, 0.25) is 0 Å². The van der Waals surface area contributed by atoms with Crippen LogP contribution in [0.3, 0.4) is 0 Å². The maximum absolute atomic E-state index is 12.7. The molecule has 1 aliphatic carbocycles. The topological polar surface area (TPSA) is 49.4 Å². The molecule has 1 aliphatic heterocycles. The molecule has 1 N–H and O–H groups in total. The maximum atomic E-state index is 12.7. The molecule has 0 radical (unpaired) electrons. The van der Waals surface area contributed by atoms with Gasteiger partial charge in [-0.15, -0.1) is 0 Å². The monoisotopic (exact) mass is 392 g/mol. The number of hydrogen-bond acceptors (Lipinski definition) is 2. The van der Waals surface area contributed by atoms with E-state index < -0.39 is 5.54 Å².